The van der Waals surface area contributed by atoms with Crippen molar-refractivity contribution in [3.05, 3.63) is 22.7 Å². The molecule has 0 saturated carbocycles. The van der Waals surface area contributed by atoms with Crippen molar-refractivity contribution in [2.24, 2.45) is 0 Å². The smallest absolute Gasteiger partial charge is 0.144 e. The first kappa shape index (κ1) is 10.5. The Balaban J connectivity index is 3.13. The van der Waals surface area contributed by atoms with Crippen LogP contribution >= 0.6 is 23.2 Å². The Morgan fingerprint density at radius 1 is 1.46 bits per heavy atom. The molecule has 0 unspecified atom stereocenters. The molecular formula is C9H11Cl2NO. The molecule has 0 aliphatic rings. The number of nitrogens with one attached hydrogen (secondary N) is 1. The zero-order chi connectivity index (χ0) is 9.84. The minimum atomic E-state index is 0.330. The second kappa shape index (κ2) is 4.58. The highest BCUT2D eigenvalue weighted by molar-refractivity contribution is 6.31. The molecule has 0 radical (unpaired) electrons. The summed E-state index contributed by atoms with van der Waals surface area (Å²) in [7, 11) is 1.62. The SMILES string of the molecule is COc1c(C)cc(Cl)cc1NCCl. The summed E-state index contributed by atoms with van der Waals surface area (Å²) in [5.74, 6) is 0.782. The van der Waals surface area contributed by atoms with E-state index < -0.39 is 0 Å². The van der Waals surface area contributed by atoms with Crippen LogP contribution in [0.2, 0.25) is 5.02 Å². The Hall–Kier alpha value is -0.600. The van der Waals surface area contributed by atoms with E-state index in [4.69, 9.17) is 27.9 Å². The number of benzene rings is 1. The van der Waals surface area contributed by atoms with Gasteiger partial charge in [0.15, 0.2) is 0 Å². The molecule has 72 valence electrons. The van der Waals surface area contributed by atoms with Gasteiger partial charge in [0.25, 0.3) is 0 Å². The molecule has 1 aromatic rings. The molecule has 0 spiro atoms. The van der Waals surface area contributed by atoms with E-state index in [9.17, 15) is 0 Å². The number of alkyl halides is 1. The lowest BCUT2D eigenvalue weighted by Gasteiger charge is -2.12. The molecule has 0 aromatic heterocycles. The van der Waals surface area contributed by atoms with Gasteiger partial charge in [-0.15, -0.1) is 11.6 Å². The normalized spacial score (nSPS) is 9.85. The quantitative estimate of drug-likeness (QED) is 0.623. The molecule has 2 nitrogen and oxygen atoms in total. The molecular weight excluding hydrogens is 209 g/mol. The number of aryl methyl sites for hydroxylation is 1. The minimum absolute atomic E-state index is 0.330. The minimum Gasteiger partial charge on any atom is -0.494 e. The number of hydrogen-bond donors (Lipinski definition) is 1. The van der Waals surface area contributed by atoms with Crippen LogP contribution in [0, 0.1) is 6.92 Å². The van der Waals surface area contributed by atoms with Crippen molar-refractivity contribution in [1.29, 1.82) is 0 Å². The van der Waals surface area contributed by atoms with E-state index in [1.807, 2.05) is 13.0 Å². The van der Waals surface area contributed by atoms with Crippen LogP contribution in [-0.4, -0.2) is 13.1 Å². The highest BCUT2D eigenvalue weighted by atomic mass is 35.5. The first-order valence-electron chi connectivity index (χ1n) is 3.83. The van der Waals surface area contributed by atoms with Crippen molar-refractivity contribution in [1.82, 2.24) is 0 Å². The summed E-state index contributed by atoms with van der Waals surface area (Å²) >= 11 is 11.4. The Kier molecular flexibility index (Phi) is 3.70. The highest BCUT2D eigenvalue weighted by Gasteiger charge is 2.06. The van der Waals surface area contributed by atoms with Crippen molar-refractivity contribution < 1.29 is 4.74 Å². The molecule has 1 rings (SSSR count). The lowest BCUT2D eigenvalue weighted by atomic mass is 10.2. The van der Waals surface area contributed by atoms with Crippen LogP contribution in [-0.2, 0) is 0 Å². The van der Waals surface area contributed by atoms with E-state index in [2.05, 4.69) is 5.32 Å². The van der Waals surface area contributed by atoms with E-state index in [1.165, 1.54) is 0 Å². The topological polar surface area (TPSA) is 21.3 Å². The van der Waals surface area contributed by atoms with Gasteiger partial charge in [-0.25, -0.2) is 0 Å². The molecule has 13 heavy (non-hydrogen) atoms. The maximum Gasteiger partial charge on any atom is 0.144 e. The summed E-state index contributed by atoms with van der Waals surface area (Å²) in [5, 5.41) is 3.64. The van der Waals surface area contributed by atoms with Crippen LogP contribution in [0.25, 0.3) is 0 Å². The third kappa shape index (κ3) is 2.42. The molecule has 0 fully saturated rings. The Morgan fingerprint density at radius 2 is 2.15 bits per heavy atom. The maximum absolute atomic E-state index is 5.88. The van der Waals surface area contributed by atoms with Gasteiger partial charge in [0, 0.05) is 5.02 Å². The fourth-order valence-corrected chi connectivity index (χ4v) is 1.62. The molecule has 0 aliphatic carbocycles. The number of methoxy groups -OCH3 is 1. The van der Waals surface area contributed by atoms with E-state index in [0.29, 0.717) is 11.0 Å². The number of halogens is 2. The fourth-order valence-electron chi connectivity index (χ4n) is 1.20. The largest absolute Gasteiger partial charge is 0.494 e. The molecule has 0 aliphatic heterocycles. The third-order valence-corrected chi connectivity index (χ3v) is 2.05. The van der Waals surface area contributed by atoms with Crippen LogP contribution in [0.3, 0.4) is 0 Å². The van der Waals surface area contributed by atoms with E-state index >= 15 is 0 Å². The Labute approximate surface area is 87.8 Å². The van der Waals surface area contributed by atoms with Gasteiger partial charge in [0.1, 0.15) is 5.75 Å². The van der Waals surface area contributed by atoms with Gasteiger partial charge in [-0.05, 0) is 24.6 Å². The van der Waals surface area contributed by atoms with Gasteiger partial charge in [0.2, 0.25) is 0 Å². The monoisotopic (exact) mass is 219 g/mol. The van der Waals surface area contributed by atoms with Crippen molar-refractivity contribution in [3.8, 4) is 5.75 Å². The van der Waals surface area contributed by atoms with Gasteiger partial charge in [0.05, 0.1) is 18.8 Å². The summed E-state index contributed by atoms with van der Waals surface area (Å²) in [4.78, 5) is 0. The number of hydrogen-bond acceptors (Lipinski definition) is 2. The Morgan fingerprint density at radius 3 is 2.69 bits per heavy atom. The maximum atomic E-state index is 5.88. The van der Waals surface area contributed by atoms with Crippen LogP contribution < -0.4 is 10.1 Å². The predicted molar refractivity (Wildman–Crippen MR) is 57.1 cm³/mol. The average Bonchev–Trinajstić information content (AvgIpc) is 2.04. The lowest BCUT2D eigenvalue weighted by molar-refractivity contribution is 0.413. The van der Waals surface area contributed by atoms with Gasteiger partial charge in [-0.1, -0.05) is 11.6 Å². The van der Waals surface area contributed by atoms with E-state index in [0.717, 1.165) is 17.0 Å². The molecule has 0 bridgehead atoms. The summed E-state index contributed by atoms with van der Waals surface area (Å²) in [6.07, 6.45) is 0. The molecule has 0 saturated heterocycles. The van der Waals surface area contributed by atoms with Gasteiger partial charge >= 0.3 is 0 Å². The van der Waals surface area contributed by atoms with E-state index in [-0.39, 0.29) is 0 Å². The zero-order valence-electron chi connectivity index (χ0n) is 7.53. The van der Waals surface area contributed by atoms with Gasteiger partial charge in [-0.3, -0.25) is 0 Å². The molecule has 0 amide bonds. The second-order valence-electron chi connectivity index (χ2n) is 2.61. The first-order valence-corrected chi connectivity index (χ1v) is 4.74. The predicted octanol–water partition coefficient (Wildman–Crippen LogP) is 3.27. The van der Waals surface area contributed by atoms with Crippen LogP contribution in [0.1, 0.15) is 5.56 Å². The van der Waals surface area contributed by atoms with Gasteiger partial charge < -0.3 is 10.1 Å². The van der Waals surface area contributed by atoms with Crippen LogP contribution in [0.15, 0.2) is 12.1 Å². The van der Waals surface area contributed by atoms with Gasteiger partial charge in [-0.2, -0.15) is 0 Å². The number of ether oxygens (including phenoxy) is 1. The first-order chi connectivity index (χ1) is 6.19. The second-order valence-corrected chi connectivity index (χ2v) is 3.32. The summed E-state index contributed by atoms with van der Waals surface area (Å²) in [6.45, 7) is 1.93. The molecule has 4 heteroatoms. The van der Waals surface area contributed by atoms with Crippen molar-refractivity contribution in [2.75, 3.05) is 18.4 Å². The zero-order valence-corrected chi connectivity index (χ0v) is 9.04. The van der Waals surface area contributed by atoms with Crippen molar-refractivity contribution in [3.63, 3.8) is 0 Å². The summed E-state index contributed by atoms with van der Waals surface area (Å²) < 4.78 is 5.20. The van der Waals surface area contributed by atoms with Crippen molar-refractivity contribution in [2.45, 2.75) is 6.92 Å². The average molecular weight is 220 g/mol. The standard InChI is InChI=1S/C9H11Cl2NO/c1-6-3-7(11)4-8(12-5-10)9(6)13-2/h3-4,12H,5H2,1-2H3. The van der Waals surface area contributed by atoms with Crippen molar-refractivity contribution >= 4 is 28.9 Å². The van der Waals surface area contributed by atoms with Crippen LogP contribution in [0.4, 0.5) is 5.69 Å². The molecule has 1 aromatic carbocycles. The molecule has 0 heterocycles. The number of anilines is 1. The summed E-state index contributed by atoms with van der Waals surface area (Å²) in [5.41, 5.74) is 1.81. The van der Waals surface area contributed by atoms with E-state index in [1.54, 1.807) is 13.2 Å². The highest BCUT2D eigenvalue weighted by Crippen LogP contribution is 2.31. The third-order valence-electron chi connectivity index (χ3n) is 1.70. The van der Waals surface area contributed by atoms with Crippen LogP contribution in [0.5, 0.6) is 5.75 Å². The fraction of sp³-hybridized carbons (Fsp3) is 0.333. The Bertz CT molecular complexity index is 302. The number of rotatable bonds is 3. The summed E-state index contributed by atoms with van der Waals surface area (Å²) in [6, 6.07) is 3.96. The molecule has 0 atom stereocenters. The lowest BCUT2D eigenvalue weighted by Crippen LogP contribution is -1.99. The molecule has 1 N–H and O–H groups in total.